The van der Waals surface area contributed by atoms with Gasteiger partial charge in [-0.2, -0.15) is 0 Å². The summed E-state index contributed by atoms with van der Waals surface area (Å²) in [6, 6.07) is 8.06. The van der Waals surface area contributed by atoms with Gasteiger partial charge in [0.2, 0.25) is 0 Å². The lowest BCUT2D eigenvalue weighted by molar-refractivity contribution is 0.414. The molecule has 13 heavy (non-hydrogen) atoms. The monoisotopic (exact) mass is 178 g/mol. The second kappa shape index (κ2) is 3.66. The molecule has 0 radical (unpaired) electrons. The molecule has 0 amide bonds. The number of methoxy groups -OCH3 is 1. The van der Waals surface area contributed by atoms with Crippen molar-refractivity contribution >= 4 is 5.69 Å². The molecule has 3 nitrogen and oxygen atoms in total. The molecule has 0 spiro atoms. The Labute approximate surface area is 78.3 Å². The van der Waals surface area contributed by atoms with Crippen LogP contribution in [0.15, 0.2) is 24.3 Å². The SMILES string of the molecule is COc1ccccc1N1CCCN1. The molecule has 1 heterocycles. The van der Waals surface area contributed by atoms with Gasteiger partial charge in [0, 0.05) is 13.1 Å². The van der Waals surface area contributed by atoms with Crippen LogP contribution in [-0.4, -0.2) is 20.2 Å². The van der Waals surface area contributed by atoms with Crippen molar-refractivity contribution < 1.29 is 4.74 Å². The van der Waals surface area contributed by atoms with E-state index >= 15 is 0 Å². The molecule has 1 aliphatic heterocycles. The van der Waals surface area contributed by atoms with Gasteiger partial charge in [-0.05, 0) is 18.6 Å². The molecular weight excluding hydrogens is 164 g/mol. The molecule has 0 aromatic heterocycles. The van der Waals surface area contributed by atoms with Gasteiger partial charge in [-0.3, -0.25) is 0 Å². The highest BCUT2D eigenvalue weighted by Gasteiger charge is 2.14. The fourth-order valence-corrected chi connectivity index (χ4v) is 1.59. The quantitative estimate of drug-likeness (QED) is 0.741. The zero-order chi connectivity index (χ0) is 9.10. The van der Waals surface area contributed by atoms with Crippen LogP contribution in [0.25, 0.3) is 0 Å². The molecule has 1 aromatic carbocycles. The van der Waals surface area contributed by atoms with Crippen LogP contribution in [0, 0.1) is 0 Å². The normalized spacial score (nSPS) is 16.2. The molecule has 0 atom stereocenters. The van der Waals surface area contributed by atoms with Gasteiger partial charge in [0.25, 0.3) is 0 Å². The van der Waals surface area contributed by atoms with Gasteiger partial charge in [-0.25, -0.2) is 5.43 Å². The second-order valence-corrected chi connectivity index (χ2v) is 3.09. The summed E-state index contributed by atoms with van der Waals surface area (Å²) in [6.45, 7) is 2.11. The molecule has 0 unspecified atom stereocenters. The van der Waals surface area contributed by atoms with E-state index in [4.69, 9.17) is 4.74 Å². The maximum atomic E-state index is 5.28. The minimum atomic E-state index is 0.928. The Hall–Kier alpha value is -1.22. The zero-order valence-electron chi connectivity index (χ0n) is 7.79. The van der Waals surface area contributed by atoms with Crippen LogP contribution < -0.4 is 15.2 Å². The van der Waals surface area contributed by atoms with Crippen LogP contribution in [0.1, 0.15) is 6.42 Å². The standard InChI is InChI=1S/C10H14N2O/c1-13-10-6-3-2-5-9(10)12-8-4-7-11-12/h2-3,5-6,11H,4,7-8H2,1H3. The third kappa shape index (κ3) is 1.60. The molecule has 1 saturated heterocycles. The fraction of sp³-hybridized carbons (Fsp3) is 0.400. The van der Waals surface area contributed by atoms with Gasteiger partial charge in [-0.1, -0.05) is 12.1 Å². The number of hydrogen-bond donors (Lipinski definition) is 1. The van der Waals surface area contributed by atoms with Gasteiger partial charge in [0.05, 0.1) is 12.8 Å². The van der Waals surface area contributed by atoms with E-state index in [0.29, 0.717) is 0 Å². The average Bonchev–Trinajstić information content (AvgIpc) is 2.70. The minimum Gasteiger partial charge on any atom is -0.495 e. The zero-order valence-corrected chi connectivity index (χ0v) is 7.79. The first-order chi connectivity index (χ1) is 6.42. The van der Waals surface area contributed by atoms with Crippen LogP contribution in [0.5, 0.6) is 5.75 Å². The summed E-state index contributed by atoms with van der Waals surface area (Å²) in [6.07, 6.45) is 1.19. The number of hydrogen-bond acceptors (Lipinski definition) is 3. The third-order valence-corrected chi connectivity index (χ3v) is 2.24. The van der Waals surface area contributed by atoms with Crippen LogP contribution in [-0.2, 0) is 0 Å². The molecule has 1 fully saturated rings. The number of nitrogens with one attached hydrogen (secondary N) is 1. The maximum Gasteiger partial charge on any atom is 0.143 e. The van der Waals surface area contributed by atoms with E-state index < -0.39 is 0 Å². The van der Waals surface area contributed by atoms with Gasteiger partial charge >= 0.3 is 0 Å². The summed E-state index contributed by atoms with van der Waals surface area (Å²) in [5, 5.41) is 2.14. The summed E-state index contributed by atoms with van der Waals surface area (Å²) in [5.41, 5.74) is 4.43. The highest BCUT2D eigenvalue weighted by Crippen LogP contribution is 2.27. The number of rotatable bonds is 2. The number of nitrogens with zero attached hydrogens (tertiary/aromatic N) is 1. The molecule has 1 aliphatic rings. The molecule has 3 heteroatoms. The largest absolute Gasteiger partial charge is 0.495 e. The lowest BCUT2D eigenvalue weighted by atomic mass is 10.3. The summed E-state index contributed by atoms with van der Waals surface area (Å²) >= 11 is 0. The summed E-state index contributed by atoms with van der Waals surface area (Å²) in [4.78, 5) is 0. The second-order valence-electron chi connectivity index (χ2n) is 3.09. The van der Waals surface area contributed by atoms with Crippen molar-refractivity contribution in [3.05, 3.63) is 24.3 Å². The molecule has 70 valence electrons. The van der Waals surface area contributed by atoms with Crippen molar-refractivity contribution in [2.75, 3.05) is 25.2 Å². The van der Waals surface area contributed by atoms with Crippen molar-refractivity contribution in [2.45, 2.75) is 6.42 Å². The predicted molar refractivity (Wildman–Crippen MR) is 53.0 cm³/mol. The first-order valence-corrected chi connectivity index (χ1v) is 4.56. The predicted octanol–water partition coefficient (Wildman–Crippen LogP) is 1.41. The lowest BCUT2D eigenvalue weighted by Crippen LogP contribution is -2.30. The van der Waals surface area contributed by atoms with Crippen molar-refractivity contribution in [1.29, 1.82) is 0 Å². The number of hydrazine groups is 1. The van der Waals surface area contributed by atoms with E-state index in [1.165, 1.54) is 6.42 Å². The van der Waals surface area contributed by atoms with Gasteiger partial charge in [0.15, 0.2) is 0 Å². The minimum absolute atomic E-state index is 0.928. The Morgan fingerprint density at radius 1 is 1.38 bits per heavy atom. The van der Waals surface area contributed by atoms with E-state index in [9.17, 15) is 0 Å². The van der Waals surface area contributed by atoms with E-state index in [-0.39, 0.29) is 0 Å². The first-order valence-electron chi connectivity index (χ1n) is 4.56. The van der Waals surface area contributed by atoms with Gasteiger partial charge in [0.1, 0.15) is 5.75 Å². The highest BCUT2D eigenvalue weighted by atomic mass is 16.5. The highest BCUT2D eigenvalue weighted by molar-refractivity contribution is 5.57. The van der Waals surface area contributed by atoms with Crippen LogP contribution in [0.2, 0.25) is 0 Å². The van der Waals surface area contributed by atoms with Crippen LogP contribution >= 0.6 is 0 Å². The summed E-state index contributed by atoms with van der Waals surface area (Å²) in [7, 11) is 1.70. The number of para-hydroxylation sites is 2. The first kappa shape index (κ1) is 8.38. The van der Waals surface area contributed by atoms with E-state index in [1.54, 1.807) is 7.11 Å². The van der Waals surface area contributed by atoms with Crippen molar-refractivity contribution in [2.24, 2.45) is 0 Å². The van der Waals surface area contributed by atoms with Crippen LogP contribution in [0.3, 0.4) is 0 Å². The third-order valence-electron chi connectivity index (χ3n) is 2.24. The molecule has 0 saturated carbocycles. The van der Waals surface area contributed by atoms with Crippen molar-refractivity contribution in [3.8, 4) is 5.75 Å². The Bertz CT molecular complexity index is 282. The number of benzene rings is 1. The lowest BCUT2D eigenvalue weighted by Gasteiger charge is -2.20. The molecule has 1 N–H and O–H groups in total. The molecule has 2 rings (SSSR count). The summed E-state index contributed by atoms with van der Waals surface area (Å²) < 4.78 is 5.28. The van der Waals surface area contributed by atoms with Gasteiger partial charge < -0.3 is 9.75 Å². The Morgan fingerprint density at radius 3 is 2.92 bits per heavy atom. The Kier molecular flexibility index (Phi) is 2.36. The Morgan fingerprint density at radius 2 is 2.23 bits per heavy atom. The fourth-order valence-electron chi connectivity index (χ4n) is 1.59. The van der Waals surface area contributed by atoms with E-state index in [1.807, 2.05) is 18.2 Å². The van der Waals surface area contributed by atoms with E-state index in [2.05, 4.69) is 16.5 Å². The molecular formula is C10H14N2O. The Balaban J connectivity index is 2.26. The number of anilines is 1. The average molecular weight is 178 g/mol. The van der Waals surface area contributed by atoms with E-state index in [0.717, 1.165) is 24.5 Å². The topological polar surface area (TPSA) is 24.5 Å². The van der Waals surface area contributed by atoms with Crippen molar-refractivity contribution in [1.82, 2.24) is 5.43 Å². The van der Waals surface area contributed by atoms with Gasteiger partial charge in [-0.15, -0.1) is 0 Å². The van der Waals surface area contributed by atoms with Crippen molar-refractivity contribution in [3.63, 3.8) is 0 Å². The molecule has 0 bridgehead atoms. The van der Waals surface area contributed by atoms with Crippen LogP contribution in [0.4, 0.5) is 5.69 Å². The smallest absolute Gasteiger partial charge is 0.143 e. The summed E-state index contributed by atoms with van der Waals surface area (Å²) in [5.74, 6) is 0.928. The molecule has 1 aromatic rings. The number of ether oxygens (including phenoxy) is 1. The maximum absolute atomic E-state index is 5.28. The molecule has 0 aliphatic carbocycles.